The summed E-state index contributed by atoms with van der Waals surface area (Å²) >= 11 is 0. The second kappa shape index (κ2) is 7.71. The van der Waals surface area contributed by atoms with Crippen LogP contribution in [0.3, 0.4) is 0 Å². The van der Waals surface area contributed by atoms with Gasteiger partial charge in [-0.05, 0) is 48.2 Å². The Kier molecular flexibility index (Phi) is 5.91. The number of benzene rings is 2. The zero-order valence-electron chi connectivity index (χ0n) is 13.9. The molecule has 4 heteroatoms. The van der Waals surface area contributed by atoms with E-state index in [1.807, 2.05) is 0 Å². The number of hydrogen-bond donors (Lipinski definition) is 1. The number of rotatable bonds is 3. The number of nitrogens with one attached hydrogen (secondary N) is 1. The van der Waals surface area contributed by atoms with Crippen LogP contribution in [0, 0.1) is 6.92 Å². The molecule has 1 aliphatic rings. The van der Waals surface area contributed by atoms with Crippen molar-refractivity contribution >= 4 is 12.4 Å². The number of methoxy groups -OCH3 is 2. The average Bonchev–Trinajstić information content (AvgIpc) is 2.78. The minimum absolute atomic E-state index is 0. The summed E-state index contributed by atoms with van der Waals surface area (Å²) in [5, 5.41) is 3.56. The predicted molar refractivity (Wildman–Crippen MR) is 96.4 cm³/mol. The third-order valence-corrected chi connectivity index (χ3v) is 4.55. The Labute approximate surface area is 144 Å². The topological polar surface area (TPSA) is 30.5 Å². The largest absolute Gasteiger partial charge is 0.493 e. The normalized spacial score (nSPS) is 16.7. The van der Waals surface area contributed by atoms with Gasteiger partial charge in [0.1, 0.15) is 0 Å². The van der Waals surface area contributed by atoms with Gasteiger partial charge in [0.2, 0.25) is 0 Å². The van der Waals surface area contributed by atoms with Crippen LogP contribution >= 0.6 is 12.4 Å². The second-order valence-electron chi connectivity index (χ2n) is 5.72. The Morgan fingerprint density at radius 2 is 1.83 bits per heavy atom. The van der Waals surface area contributed by atoms with Crippen molar-refractivity contribution in [2.75, 3.05) is 27.3 Å². The summed E-state index contributed by atoms with van der Waals surface area (Å²) < 4.78 is 11.1. The fraction of sp³-hybridized carbons (Fsp3) is 0.368. The van der Waals surface area contributed by atoms with Gasteiger partial charge in [-0.3, -0.25) is 0 Å². The van der Waals surface area contributed by atoms with E-state index in [1.54, 1.807) is 14.2 Å². The van der Waals surface area contributed by atoms with Crippen molar-refractivity contribution in [1.29, 1.82) is 0 Å². The molecule has 1 heterocycles. The lowest BCUT2D eigenvalue weighted by Crippen LogP contribution is -2.20. The molecule has 23 heavy (non-hydrogen) atoms. The zero-order valence-corrected chi connectivity index (χ0v) is 14.7. The minimum Gasteiger partial charge on any atom is -0.493 e. The molecule has 0 fully saturated rings. The number of fused-ring (bicyclic) bond motifs is 1. The molecule has 124 valence electrons. The van der Waals surface area contributed by atoms with Crippen LogP contribution in [0.25, 0.3) is 0 Å². The molecular weight excluding hydrogens is 310 g/mol. The maximum Gasteiger partial charge on any atom is 0.163 e. The monoisotopic (exact) mass is 333 g/mol. The predicted octanol–water partition coefficient (Wildman–Crippen LogP) is 3.71. The maximum atomic E-state index is 5.57. The van der Waals surface area contributed by atoms with Gasteiger partial charge in [0, 0.05) is 12.5 Å². The molecule has 1 N–H and O–H groups in total. The molecule has 2 aromatic carbocycles. The summed E-state index contributed by atoms with van der Waals surface area (Å²) in [5.41, 5.74) is 5.27. The highest BCUT2D eigenvalue weighted by atomic mass is 35.5. The van der Waals surface area contributed by atoms with E-state index in [2.05, 4.69) is 48.6 Å². The summed E-state index contributed by atoms with van der Waals surface area (Å²) in [6, 6.07) is 12.8. The van der Waals surface area contributed by atoms with Gasteiger partial charge >= 0.3 is 0 Å². The third kappa shape index (κ3) is 3.31. The molecule has 3 nitrogen and oxygen atoms in total. The van der Waals surface area contributed by atoms with E-state index >= 15 is 0 Å². The number of ether oxygens (including phenoxy) is 2. The molecule has 1 atom stereocenters. The van der Waals surface area contributed by atoms with E-state index < -0.39 is 0 Å². The van der Waals surface area contributed by atoms with Gasteiger partial charge < -0.3 is 14.8 Å². The van der Waals surface area contributed by atoms with E-state index in [9.17, 15) is 0 Å². The smallest absolute Gasteiger partial charge is 0.163 e. The molecule has 0 aliphatic carbocycles. The summed E-state index contributed by atoms with van der Waals surface area (Å²) in [6.07, 6.45) is 1.02. The summed E-state index contributed by atoms with van der Waals surface area (Å²) in [6.45, 7) is 4.08. The van der Waals surface area contributed by atoms with E-state index in [-0.39, 0.29) is 12.4 Å². The van der Waals surface area contributed by atoms with Crippen molar-refractivity contribution in [2.45, 2.75) is 19.3 Å². The van der Waals surface area contributed by atoms with Gasteiger partial charge in [-0.1, -0.05) is 30.3 Å². The Hall–Kier alpha value is -1.71. The Bertz CT molecular complexity index is 658. The number of hydrogen-bond acceptors (Lipinski definition) is 3. The van der Waals surface area contributed by atoms with E-state index in [1.165, 1.54) is 22.3 Å². The van der Waals surface area contributed by atoms with Crippen molar-refractivity contribution in [3.63, 3.8) is 0 Å². The molecule has 0 spiro atoms. The highest BCUT2D eigenvalue weighted by Gasteiger charge is 2.25. The maximum absolute atomic E-state index is 5.57. The zero-order chi connectivity index (χ0) is 15.5. The molecule has 1 aliphatic heterocycles. The Morgan fingerprint density at radius 3 is 2.48 bits per heavy atom. The molecule has 0 bridgehead atoms. The molecule has 0 saturated heterocycles. The first-order chi connectivity index (χ1) is 10.8. The lowest BCUT2D eigenvalue weighted by molar-refractivity contribution is 0.352. The lowest BCUT2D eigenvalue weighted by atomic mass is 9.86. The van der Waals surface area contributed by atoms with Gasteiger partial charge in [-0.15, -0.1) is 12.4 Å². The van der Waals surface area contributed by atoms with Gasteiger partial charge in [-0.25, -0.2) is 0 Å². The fourth-order valence-electron chi connectivity index (χ4n) is 3.43. The highest BCUT2D eigenvalue weighted by molar-refractivity contribution is 5.85. The van der Waals surface area contributed by atoms with Crippen molar-refractivity contribution in [1.82, 2.24) is 5.32 Å². The van der Waals surface area contributed by atoms with Crippen LogP contribution < -0.4 is 14.8 Å². The molecule has 0 saturated carbocycles. The Morgan fingerprint density at radius 1 is 1.09 bits per heavy atom. The molecule has 0 aromatic heterocycles. The standard InChI is InChI=1S/C19H23NO2.ClH/c1-13-15-9-10-20-12-17(14-7-5-4-6-8-14)16(15)11-18(21-2)19(13)22-3;/h4-8,11,17,20H,9-10,12H2,1-3H3;1H. The van der Waals surface area contributed by atoms with E-state index in [0.717, 1.165) is 31.0 Å². The van der Waals surface area contributed by atoms with Gasteiger partial charge in [0.25, 0.3) is 0 Å². The van der Waals surface area contributed by atoms with Crippen molar-refractivity contribution < 1.29 is 9.47 Å². The molecule has 0 radical (unpaired) electrons. The van der Waals surface area contributed by atoms with Gasteiger partial charge in [0.15, 0.2) is 11.5 Å². The fourth-order valence-corrected chi connectivity index (χ4v) is 3.43. The molecular formula is C19H24ClNO2. The SMILES string of the molecule is COc1cc2c(c(C)c1OC)CCNCC2c1ccccc1.Cl. The van der Waals surface area contributed by atoms with Gasteiger partial charge in [-0.2, -0.15) is 0 Å². The quantitative estimate of drug-likeness (QED) is 0.928. The van der Waals surface area contributed by atoms with E-state index in [4.69, 9.17) is 9.47 Å². The minimum atomic E-state index is 0. The summed E-state index contributed by atoms with van der Waals surface area (Å²) in [7, 11) is 3.41. The highest BCUT2D eigenvalue weighted by Crippen LogP contribution is 2.40. The average molecular weight is 334 g/mol. The van der Waals surface area contributed by atoms with Crippen molar-refractivity contribution in [2.24, 2.45) is 0 Å². The first-order valence-electron chi connectivity index (χ1n) is 7.76. The third-order valence-electron chi connectivity index (χ3n) is 4.55. The summed E-state index contributed by atoms with van der Waals surface area (Å²) in [5.74, 6) is 2.02. The Balaban J connectivity index is 0.00000192. The first kappa shape index (κ1) is 17.6. The van der Waals surface area contributed by atoms with Crippen LogP contribution in [-0.4, -0.2) is 27.3 Å². The molecule has 0 amide bonds. The van der Waals surface area contributed by atoms with Crippen molar-refractivity contribution in [3.05, 3.63) is 58.7 Å². The van der Waals surface area contributed by atoms with Crippen molar-refractivity contribution in [3.8, 4) is 11.5 Å². The first-order valence-corrected chi connectivity index (χ1v) is 7.76. The van der Waals surface area contributed by atoms with Crippen LogP contribution in [0.4, 0.5) is 0 Å². The van der Waals surface area contributed by atoms with Crippen LogP contribution in [0.5, 0.6) is 11.5 Å². The van der Waals surface area contributed by atoms with Crippen LogP contribution in [0.1, 0.15) is 28.2 Å². The molecule has 2 aromatic rings. The van der Waals surface area contributed by atoms with Gasteiger partial charge in [0.05, 0.1) is 14.2 Å². The summed E-state index contributed by atoms with van der Waals surface area (Å²) in [4.78, 5) is 0. The molecule has 3 rings (SSSR count). The lowest BCUT2D eigenvalue weighted by Gasteiger charge is -2.22. The van der Waals surface area contributed by atoms with Crippen LogP contribution in [0.2, 0.25) is 0 Å². The van der Waals surface area contributed by atoms with Crippen LogP contribution in [0.15, 0.2) is 36.4 Å². The van der Waals surface area contributed by atoms with E-state index in [0.29, 0.717) is 5.92 Å². The molecule has 1 unspecified atom stereocenters. The number of halogens is 1. The second-order valence-corrected chi connectivity index (χ2v) is 5.72. The van der Waals surface area contributed by atoms with Crippen LogP contribution in [-0.2, 0) is 6.42 Å².